The van der Waals surface area contributed by atoms with Gasteiger partial charge in [-0.1, -0.05) is 54.3 Å². The van der Waals surface area contributed by atoms with Crippen molar-refractivity contribution >= 4 is 28.3 Å². The Labute approximate surface area is 230 Å². The number of nitrogens with one attached hydrogen (secondary N) is 1. The van der Waals surface area contributed by atoms with Crippen LogP contribution in [0.4, 0.5) is 5.82 Å². The van der Waals surface area contributed by atoms with Gasteiger partial charge in [-0.05, 0) is 32.0 Å². The van der Waals surface area contributed by atoms with Gasteiger partial charge >= 0.3 is 0 Å². The molecule has 1 atom stereocenters. The number of carbonyl (C=O) groups excluding carboxylic acids is 1. The number of nitrogens with zero attached hydrogens (tertiary/aromatic N) is 6. The molecule has 6 rings (SSSR count). The highest BCUT2D eigenvalue weighted by Crippen LogP contribution is 2.31. The molecule has 40 heavy (non-hydrogen) atoms. The molecule has 0 saturated heterocycles. The summed E-state index contributed by atoms with van der Waals surface area (Å²) in [5.41, 5.74) is 12.6. The Bertz CT molecular complexity index is 1960. The van der Waals surface area contributed by atoms with Crippen molar-refractivity contribution in [2.24, 2.45) is 7.05 Å². The van der Waals surface area contributed by atoms with Crippen molar-refractivity contribution in [3.8, 4) is 23.1 Å². The van der Waals surface area contributed by atoms with E-state index in [1.807, 2.05) is 75.6 Å². The topological polar surface area (TPSA) is 116 Å². The number of hydrogen-bond acceptors (Lipinski definition) is 6. The Balaban J connectivity index is 1.43. The lowest BCUT2D eigenvalue weighted by Crippen LogP contribution is -2.28. The molecule has 0 unspecified atom stereocenters. The predicted molar refractivity (Wildman–Crippen MR) is 154 cm³/mol. The van der Waals surface area contributed by atoms with Gasteiger partial charge < -0.3 is 11.1 Å². The van der Waals surface area contributed by atoms with Gasteiger partial charge in [0, 0.05) is 42.2 Å². The van der Waals surface area contributed by atoms with E-state index in [0.29, 0.717) is 5.65 Å². The third kappa shape index (κ3) is 4.52. The lowest BCUT2D eigenvalue weighted by Gasteiger charge is -2.19. The van der Waals surface area contributed by atoms with E-state index in [2.05, 4.69) is 38.4 Å². The second-order valence-electron chi connectivity index (χ2n) is 9.56. The van der Waals surface area contributed by atoms with Crippen molar-refractivity contribution in [1.82, 2.24) is 34.7 Å². The third-order valence-electron chi connectivity index (χ3n) is 6.73. The Morgan fingerprint density at radius 3 is 2.60 bits per heavy atom. The number of hydrogen-bond donors (Lipinski definition) is 2. The van der Waals surface area contributed by atoms with E-state index in [9.17, 15) is 4.79 Å². The summed E-state index contributed by atoms with van der Waals surface area (Å²) in [5, 5.41) is 12.6. The summed E-state index contributed by atoms with van der Waals surface area (Å²) in [7, 11) is 1.88. The van der Waals surface area contributed by atoms with Crippen molar-refractivity contribution in [3.05, 3.63) is 107 Å². The number of fused-ring (bicyclic) bond motifs is 2. The molecule has 0 aliphatic carbocycles. The molecule has 0 aliphatic heterocycles. The molecular weight excluding hydrogens is 500 g/mol. The molecule has 0 aliphatic rings. The summed E-state index contributed by atoms with van der Waals surface area (Å²) in [4.78, 5) is 22.8. The van der Waals surface area contributed by atoms with Crippen LogP contribution in [0.1, 0.15) is 45.7 Å². The predicted octanol–water partition coefficient (Wildman–Crippen LogP) is 4.46. The first-order chi connectivity index (χ1) is 19.4. The molecule has 4 aromatic heterocycles. The van der Waals surface area contributed by atoms with Gasteiger partial charge in [0.25, 0.3) is 5.91 Å². The van der Waals surface area contributed by atoms with E-state index < -0.39 is 6.04 Å². The first-order valence-corrected chi connectivity index (χ1v) is 12.8. The molecule has 0 saturated carbocycles. The van der Waals surface area contributed by atoms with Crippen molar-refractivity contribution in [1.29, 1.82) is 0 Å². The van der Waals surface area contributed by atoms with Crippen LogP contribution in [-0.4, -0.2) is 35.3 Å². The minimum Gasteiger partial charge on any atom is -0.381 e. The zero-order chi connectivity index (χ0) is 27.8. The summed E-state index contributed by atoms with van der Waals surface area (Å²) in [5.74, 6) is 6.30. The van der Waals surface area contributed by atoms with Crippen LogP contribution in [-0.2, 0) is 7.05 Å². The molecule has 4 heterocycles. The van der Waals surface area contributed by atoms with Crippen molar-refractivity contribution in [3.63, 3.8) is 0 Å². The van der Waals surface area contributed by atoms with Gasteiger partial charge in [-0.25, -0.2) is 14.5 Å². The number of pyridine rings is 1. The standard InChI is InChI=1S/C31H26N8O/c1-19-24(18-38(3)36-19)14-13-22-11-7-12-23-17-25(28(35-27(22)23)21-9-5-4-6-10-21)20(2)34-31(40)26-29(32)37-39-16-8-15-33-30(26)39/h4-12,15-18,20H,1-3H3,(H2,32,37)(H,34,40)/t20-/m1/s1. The zero-order valence-electron chi connectivity index (χ0n) is 22.3. The lowest BCUT2D eigenvalue weighted by molar-refractivity contribution is 0.0942. The molecule has 0 radical (unpaired) electrons. The smallest absolute Gasteiger partial charge is 0.259 e. The number of amides is 1. The van der Waals surface area contributed by atoms with E-state index in [0.717, 1.165) is 44.5 Å². The fourth-order valence-corrected chi connectivity index (χ4v) is 4.80. The maximum Gasteiger partial charge on any atom is 0.259 e. The quantitative estimate of drug-likeness (QED) is 0.328. The van der Waals surface area contributed by atoms with Gasteiger partial charge in [-0.2, -0.15) is 5.10 Å². The van der Waals surface area contributed by atoms with Gasteiger partial charge in [0.05, 0.1) is 34.1 Å². The van der Waals surface area contributed by atoms with Crippen LogP contribution < -0.4 is 11.1 Å². The van der Waals surface area contributed by atoms with Crippen LogP contribution in [0.3, 0.4) is 0 Å². The van der Waals surface area contributed by atoms with Crippen molar-refractivity contribution < 1.29 is 4.79 Å². The second kappa shape index (κ2) is 10.0. The highest BCUT2D eigenvalue weighted by Gasteiger charge is 2.23. The molecule has 0 bridgehead atoms. The Morgan fingerprint density at radius 2 is 1.82 bits per heavy atom. The largest absolute Gasteiger partial charge is 0.381 e. The molecule has 0 fully saturated rings. The van der Waals surface area contributed by atoms with Crippen LogP contribution in [0, 0.1) is 18.8 Å². The minimum atomic E-state index is -0.398. The average molecular weight is 527 g/mol. The zero-order valence-corrected chi connectivity index (χ0v) is 22.3. The summed E-state index contributed by atoms with van der Waals surface area (Å²) in [6.07, 6.45) is 5.22. The van der Waals surface area contributed by atoms with Crippen molar-refractivity contribution in [2.45, 2.75) is 19.9 Å². The normalized spacial score (nSPS) is 11.8. The van der Waals surface area contributed by atoms with Crippen LogP contribution in [0.15, 0.2) is 79.3 Å². The summed E-state index contributed by atoms with van der Waals surface area (Å²) in [6.45, 7) is 3.87. The minimum absolute atomic E-state index is 0.121. The molecular formula is C31H26N8O. The average Bonchev–Trinajstić information content (AvgIpc) is 3.47. The molecule has 1 amide bonds. The number of nitrogens with two attached hydrogens (primary N) is 1. The van der Waals surface area contributed by atoms with E-state index >= 15 is 0 Å². The number of para-hydroxylation sites is 1. The number of carbonyl (C=O) groups is 1. The molecule has 9 heteroatoms. The van der Waals surface area contributed by atoms with E-state index in [-0.39, 0.29) is 17.3 Å². The van der Waals surface area contributed by atoms with Gasteiger partial charge in [0.1, 0.15) is 5.56 Å². The van der Waals surface area contributed by atoms with E-state index in [1.54, 1.807) is 23.1 Å². The fourth-order valence-electron chi connectivity index (χ4n) is 4.80. The summed E-state index contributed by atoms with van der Waals surface area (Å²) >= 11 is 0. The molecule has 0 spiro atoms. The number of rotatable bonds is 4. The van der Waals surface area contributed by atoms with Gasteiger partial charge in [0.2, 0.25) is 0 Å². The van der Waals surface area contributed by atoms with Crippen molar-refractivity contribution in [2.75, 3.05) is 5.73 Å². The van der Waals surface area contributed by atoms with E-state index in [4.69, 9.17) is 10.7 Å². The van der Waals surface area contributed by atoms with Crippen LogP contribution in [0.2, 0.25) is 0 Å². The number of aromatic nitrogens is 6. The monoisotopic (exact) mass is 526 g/mol. The maximum atomic E-state index is 13.4. The number of anilines is 1. The van der Waals surface area contributed by atoms with Gasteiger partial charge in [-0.15, -0.1) is 5.10 Å². The first kappa shape index (κ1) is 24.8. The highest BCUT2D eigenvalue weighted by atomic mass is 16.1. The highest BCUT2D eigenvalue weighted by molar-refractivity contribution is 6.04. The summed E-state index contributed by atoms with van der Waals surface area (Å²) in [6, 6.07) is 19.2. The molecule has 2 aromatic carbocycles. The SMILES string of the molecule is Cc1nn(C)cc1C#Cc1cccc2cc([C@@H](C)NC(=O)c3c(N)nn4cccnc34)c(-c3ccccc3)nc12. The number of benzene rings is 2. The Hall–Kier alpha value is -5.49. The van der Waals surface area contributed by atoms with Crippen LogP contribution in [0.5, 0.6) is 0 Å². The molecule has 3 N–H and O–H groups in total. The number of aryl methyl sites for hydroxylation is 2. The van der Waals surface area contributed by atoms with Gasteiger partial charge in [0.15, 0.2) is 11.5 Å². The maximum absolute atomic E-state index is 13.4. The molecule has 196 valence electrons. The Morgan fingerprint density at radius 1 is 1.02 bits per heavy atom. The third-order valence-corrected chi connectivity index (χ3v) is 6.73. The van der Waals surface area contributed by atoms with Crippen LogP contribution in [0.25, 0.3) is 27.8 Å². The van der Waals surface area contributed by atoms with Gasteiger partial charge in [-0.3, -0.25) is 9.48 Å². The fraction of sp³-hybridized carbons (Fsp3) is 0.129. The second-order valence-corrected chi connectivity index (χ2v) is 9.56. The summed E-state index contributed by atoms with van der Waals surface area (Å²) < 4.78 is 3.25. The first-order valence-electron chi connectivity index (χ1n) is 12.8. The molecule has 9 nitrogen and oxygen atoms in total. The number of nitrogen functional groups attached to an aromatic ring is 1. The Kier molecular flexibility index (Phi) is 6.21. The van der Waals surface area contributed by atoms with Crippen LogP contribution >= 0.6 is 0 Å². The molecule has 6 aromatic rings. The van der Waals surface area contributed by atoms with E-state index in [1.165, 1.54) is 4.52 Å². The lowest BCUT2D eigenvalue weighted by atomic mass is 9.97.